The summed E-state index contributed by atoms with van der Waals surface area (Å²) < 4.78 is 0. The van der Waals surface area contributed by atoms with Crippen molar-refractivity contribution in [1.29, 1.82) is 0 Å². The summed E-state index contributed by atoms with van der Waals surface area (Å²) in [6.45, 7) is 6.55. The number of hydrogen-bond donors (Lipinski definition) is 2. The van der Waals surface area contributed by atoms with Crippen molar-refractivity contribution in [2.75, 3.05) is 39.3 Å². The van der Waals surface area contributed by atoms with E-state index in [2.05, 4.69) is 17.1 Å². The molecule has 6 nitrogen and oxygen atoms in total. The van der Waals surface area contributed by atoms with Crippen LogP contribution < -0.4 is 5.32 Å². The van der Waals surface area contributed by atoms with Crippen LogP contribution in [-0.4, -0.2) is 71.6 Å². The lowest BCUT2D eigenvalue weighted by Crippen LogP contribution is -2.59. The Morgan fingerprint density at radius 2 is 1.95 bits per heavy atom. The number of nitrogens with zero attached hydrogens (tertiary/aromatic N) is 2. The molecule has 0 bridgehead atoms. The molecule has 1 atom stereocenters. The number of carbonyl (C=O) groups is 2. The van der Waals surface area contributed by atoms with Crippen molar-refractivity contribution in [1.82, 2.24) is 15.1 Å². The lowest BCUT2D eigenvalue weighted by atomic mass is 9.92. The fraction of sp³-hybridized carbons (Fsp3) is 0.857. The van der Waals surface area contributed by atoms with Crippen molar-refractivity contribution in [3.63, 3.8) is 0 Å². The van der Waals surface area contributed by atoms with Crippen LogP contribution in [0.3, 0.4) is 0 Å². The van der Waals surface area contributed by atoms with Gasteiger partial charge in [0.25, 0.3) is 0 Å². The zero-order chi connectivity index (χ0) is 14.6. The van der Waals surface area contributed by atoms with Gasteiger partial charge in [-0.3, -0.25) is 14.5 Å². The van der Waals surface area contributed by atoms with E-state index in [9.17, 15) is 9.59 Å². The zero-order valence-electron chi connectivity index (χ0n) is 12.2. The van der Waals surface area contributed by atoms with Crippen molar-refractivity contribution in [3.05, 3.63) is 0 Å². The average molecular weight is 283 g/mol. The van der Waals surface area contributed by atoms with Crippen molar-refractivity contribution in [2.45, 2.75) is 38.1 Å². The fourth-order valence-electron chi connectivity index (χ4n) is 3.17. The molecule has 2 saturated heterocycles. The van der Waals surface area contributed by atoms with Gasteiger partial charge in [0, 0.05) is 32.7 Å². The summed E-state index contributed by atoms with van der Waals surface area (Å²) >= 11 is 0. The molecule has 2 heterocycles. The van der Waals surface area contributed by atoms with Gasteiger partial charge in [0.1, 0.15) is 0 Å². The second-order valence-corrected chi connectivity index (χ2v) is 5.74. The molecule has 114 valence electrons. The van der Waals surface area contributed by atoms with Gasteiger partial charge in [-0.25, -0.2) is 0 Å². The first-order valence-electron chi connectivity index (χ1n) is 7.56. The second-order valence-electron chi connectivity index (χ2n) is 5.74. The van der Waals surface area contributed by atoms with Crippen molar-refractivity contribution >= 4 is 11.9 Å². The van der Waals surface area contributed by atoms with Crippen LogP contribution in [0.25, 0.3) is 0 Å². The van der Waals surface area contributed by atoms with E-state index in [1.165, 1.54) is 0 Å². The molecule has 2 fully saturated rings. The highest BCUT2D eigenvalue weighted by Gasteiger charge is 2.42. The number of hydrogen-bond acceptors (Lipinski definition) is 4. The first kappa shape index (κ1) is 15.3. The molecule has 0 aromatic rings. The van der Waals surface area contributed by atoms with Gasteiger partial charge in [0.15, 0.2) is 0 Å². The molecule has 0 aromatic heterocycles. The van der Waals surface area contributed by atoms with E-state index in [0.29, 0.717) is 19.6 Å². The molecule has 0 saturated carbocycles. The smallest absolute Gasteiger partial charge is 0.304 e. The molecule has 2 aliphatic heterocycles. The minimum atomic E-state index is -0.761. The van der Waals surface area contributed by atoms with Crippen LogP contribution in [0.5, 0.6) is 0 Å². The lowest BCUT2D eigenvalue weighted by molar-refractivity contribution is -0.141. The highest BCUT2D eigenvalue weighted by atomic mass is 16.4. The number of amides is 1. The van der Waals surface area contributed by atoms with Gasteiger partial charge in [-0.1, -0.05) is 6.92 Å². The molecule has 0 aliphatic carbocycles. The molecule has 1 unspecified atom stereocenters. The van der Waals surface area contributed by atoms with E-state index in [-0.39, 0.29) is 17.9 Å². The van der Waals surface area contributed by atoms with Gasteiger partial charge in [-0.05, 0) is 25.8 Å². The van der Waals surface area contributed by atoms with Gasteiger partial charge in [-0.15, -0.1) is 0 Å². The minimum Gasteiger partial charge on any atom is -0.481 e. The van der Waals surface area contributed by atoms with Crippen LogP contribution in [0.1, 0.15) is 32.6 Å². The van der Waals surface area contributed by atoms with E-state index in [1.807, 2.05) is 4.90 Å². The molecule has 2 rings (SSSR count). The minimum absolute atomic E-state index is 0.175. The quantitative estimate of drug-likeness (QED) is 0.751. The van der Waals surface area contributed by atoms with Gasteiger partial charge in [0.05, 0.1) is 12.0 Å². The Labute approximate surface area is 120 Å². The highest BCUT2D eigenvalue weighted by Crippen LogP contribution is 2.26. The first-order valence-corrected chi connectivity index (χ1v) is 7.56. The SMILES string of the molecule is CCC1(C(=O)N2CCN(CCC(=O)O)CC2)CCCN1. The Kier molecular flexibility index (Phi) is 4.99. The Morgan fingerprint density at radius 1 is 1.25 bits per heavy atom. The summed E-state index contributed by atoms with van der Waals surface area (Å²) in [6.07, 6.45) is 3.01. The number of carbonyl (C=O) groups excluding carboxylic acids is 1. The molecule has 6 heteroatoms. The monoisotopic (exact) mass is 283 g/mol. The van der Waals surface area contributed by atoms with E-state index in [0.717, 1.165) is 38.9 Å². The van der Waals surface area contributed by atoms with E-state index < -0.39 is 5.97 Å². The van der Waals surface area contributed by atoms with E-state index in [4.69, 9.17) is 5.11 Å². The number of rotatable bonds is 5. The van der Waals surface area contributed by atoms with Crippen LogP contribution in [0.4, 0.5) is 0 Å². The predicted octanol–water partition coefficient (Wildman–Crippen LogP) is 0.138. The number of piperazine rings is 1. The van der Waals surface area contributed by atoms with Gasteiger partial charge in [0.2, 0.25) is 5.91 Å². The second kappa shape index (κ2) is 6.54. The number of nitrogens with one attached hydrogen (secondary N) is 1. The fourth-order valence-corrected chi connectivity index (χ4v) is 3.17. The molecule has 20 heavy (non-hydrogen) atoms. The molecular formula is C14H25N3O3. The van der Waals surface area contributed by atoms with Crippen LogP contribution in [0, 0.1) is 0 Å². The van der Waals surface area contributed by atoms with Gasteiger partial charge < -0.3 is 15.3 Å². The summed E-state index contributed by atoms with van der Waals surface area (Å²) in [7, 11) is 0. The number of carboxylic acids is 1. The maximum absolute atomic E-state index is 12.7. The summed E-state index contributed by atoms with van der Waals surface area (Å²) in [6, 6.07) is 0. The third kappa shape index (κ3) is 3.30. The Balaban J connectivity index is 1.84. The summed E-state index contributed by atoms with van der Waals surface area (Å²) in [5, 5.41) is 12.1. The van der Waals surface area contributed by atoms with Gasteiger partial charge >= 0.3 is 5.97 Å². The summed E-state index contributed by atoms with van der Waals surface area (Å²) in [5.74, 6) is -0.529. The average Bonchev–Trinajstić information content (AvgIpc) is 2.95. The molecule has 2 aliphatic rings. The molecule has 2 N–H and O–H groups in total. The molecule has 0 aromatic carbocycles. The highest BCUT2D eigenvalue weighted by molar-refractivity contribution is 5.86. The van der Waals surface area contributed by atoms with E-state index >= 15 is 0 Å². The molecular weight excluding hydrogens is 258 g/mol. The van der Waals surface area contributed by atoms with Crippen molar-refractivity contribution in [3.8, 4) is 0 Å². The first-order chi connectivity index (χ1) is 9.57. The molecule has 0 radical (unpaired) electrons. The largest absolute Gasteiger partial charge is 0.481 e. The van der Waals surface area contributed by atoms with Crippen molar-refractivity contribution < 1.29 is 14.7 Å². The Morgan fingerprint density at radius 3 is 2.45 bits per heavy atom. The van der Waals surface area contributed by atoms with Crippen LogP contribution in [-0.2, 0) is 9.59 Å². The van der Waals surface area contributed by atoms with Crippen LogP contribution in [0.15, 0.2) is 0 Å². The lowest BCUT2D eigenvalue weighted by Gasteiger charge is -2.39. The third-order valence-electron chi connectivity index (χ3n) is 4.56. The standard InChI is InChI=1S/C14H25N3O3/c1-2-14(5-3-6-15-14)13(20)17-10-8-16(9-11-17)7-4-12(18)19/h15H,2-11H2,1H3,(H,18,19). The van der Waals surface area contributed by atoms with Crippen LogP contribution in [0.2, 0.25) is 0 Å². The Hall–Kier alpha value is -1.14. The molecule has 0 spiro atoms. The number of aliphatic carboxylic acids is 1. The summed E-state index contributed by atoms with van der Waals surface area (Å²) in [4.78, 5) is 27.3. The Bertz CT molecular complexity index is 359. The van der Waals surface area contributed by atoms with Gasteiger partial charge in [-0.2, -0.15) is 0 Å². The number of carboxylic acid groups (broad SMARTS) is 1. The topological polar surface area (TPSA) is 72.9 Å². The molecule has 1 amide bonds. The third-order valence-corrected chi connectivity index (χ3v) is 4.56. The zero-order valence-corrected chi connectivity index (χ0v) is 12.2. The maximum Gasteiger partial charge on any atom is 0.304 e. The van der Waals surface area contributed by atoms with E-state index in [1.54, 1.807) is 0 Å². The normalized spacial score (nSPS) is 27.8. The van der Waals surface area contributed by atoms with Crippen LogP contribution >= 0.6 is 0 Å². The maximum atomic E-state index is 12.7. The predicted molar refractivity (Wildman–Crippen MR) is 75.5 cm³/mol. The summed E-state index contributed by atoms with van der Waals surface area (Å²) in [5.41, 5.74) is -0.344. The van der Waals surface area contributed by atoms with Crippen molar-refractivity contribution in [2.24, 2.45) is 0 Å².